The molecule has 3 heteroatoms. The van der Waals surface area contributed by atoms with Gasteiger partial charge in [-0.15, -0.1) is 0 Å². The monoisotopic (exact) mass is 249 g/mol. The van der Waals surface area contributed by atoms with Gasteiger partial charge < -0.3 is 11.3 Å². The first-order valence-corrected chi connectivity index (χ1v) is 4.72. The molecule has 16 heavy (non-hydrogen) atoms. The van der Waals surface area contributed by atoms with Crippen molar-refractivity contribution in [1.82, 2.24) is 4.90 Å². The van der Waals surface area contributed by atoms with Crippen LogP contribution in [0.5, 0.6) is 0 Å². The molecule has 0 heterocycles. The number of hydrogen-bond donors (Lipinski definition) is 0. The van der Waals surface area contributed by atoms with E-state index >= 15 is 0 Å². The van der Waals surface area contributed by atoms with Gasteiger partial charge in [0.15, 0.2) is 0 Å². The summed E-state index contributed by atoms with van der Waals surface area (Å²) in [4.78, 5) is 2.16. The van der Waals surface area contributed by atoms with Gasteiger partial charge in [0.2, 0.25) is 0 Å². The van der Waals surface area contributed by atoms with E-state index in [1.165, 1.54) is 5.92 Å². The van der Waals surface area contributed by atoms with Crippen molar-refractivity contribution in [2.45, 2.75) is 0 Å². The van der Waals surface area contributed by atoms with E-state index in [-0.39, 0.29) is 35.9 Å². The maximum atomic E-state index is 2.86. The Morgan fingerprint density at radius 3 is 1.81 bits per heavy atom. The van der Waals surface area contributed by atoms with Gasteiger partial charge in [-0.1, -0.05) is 12.8 Å². The summed E-state index contributed by atoms with van der Waals surface area (Å²) in [6.07, 6.45) is 18.9. The Labute approximate surface area is 125 Å². The molecule has 1 nitrogen and oxygen atoms in total. The van der Waals surface area contributed by atoms with Crippen LogP contribution in [0.3, 0.4) is 0 Å². The summed E-state index contributed by atoms with van der Waals surface area (Å²) in [5.74, 6) is 1.39. The van der Waals surface area contributed by atoms with Crippen molar-refractivity contribution < 1.29 is 35.9 Å². The molecule has 2 fully saturated rings. The van der Waals surface area contributed by atoms with E-state index in [1.54, 1.807) is 0 Å². The second-order valence-electron chi connectivity index (χ2n) is 3.42. The van der Waals surface area contributed by atoms with Gasteiger partial charge in [-0.2, -0.15) is 0 Å². The van der Waals surface area contributed by atoms with Gasteiger partial charge in [0.25, 0.3) is 0 Å². The maximum Gasteiger partial charge on any atom is 2.00 e. The van der Waals surface area contributed by atoms with E-state index in [2.05, 4.69) is 51.1 Å². The first kappa shape index (κ1) is 19.4. The summed E-state index contributed by atoms with van der Waals surface area (Å²) < 4.78 is 0. The summed E-state index contributed by atoms with van der Waals surface area (Å²) in [5, 5.41) is 0. The van der Waals surface area contributed by atoms with Gasteiger partial charge in [-0.25, -0.2) is 12.8 Å². The van der Waals surface area contributed by atoms with E-state index in [4.69, 9.17) is 0 Å². The van der Waals surface area contributed by atoms with Crippen molar-refractivity contribution >= 4 is 0 Å². The molecule has 0 amide bonds. The van der Waals surface area contributed by atoms with Crippen molar-refractivity contribution in [1.29, 1.82) is 0 Å². The molecule has 2 aliphatic carbocycles. The molecule has 0 unspecified atom stereocenters. The second kappa shape index (κ2) is 12.5. The quantitative estimate of drug-likeness (QED) is 0.441. The van der Waals surface area contributed by atoms with Crippen molar-refractivity contribution in [3.8, 4) is 0 Å². The topological polar surface area (TPSA) is 3.24 Å². The smallest absolute Gasteiger partial charge is 0.474 e. The van der Waals surface area contributed by atoms with E-state index in [0.717, 1.165) is 6.54 Å². The minimum atomic E-state index is 0. The second-order valence-corrected chi connectivity index (χ2v) is 3.42. The van der Waals surface area contributed by atoms with Crippen LogP contribution in [0.4, 0.5) is 0 Å². The van der Waals surface area contributed by atoms with Crippen LogP contribution in [-0.4, -0.2) is 25.5 Å². The number of hydrogen-bond acceptors (Lipinski definition) is 1. The molecule has 0 aliphatic heterocycles. The molecule has 80 valence electrons. The Bertz CT molecular complexity index is 124. The zero-order valence-corrected chi connectivity index (χ0v) is 11.2. The maximum absolute atomic E-state index is 2.86. The van der Waals surface area contributed by atoms with Crippen molar-refractivity contribution in [2.24, 2.45) is 0 Å². The average Bonchev–Trinajstić information content (AvgIpc) is 2.75. The van der Waals surface area contributed by atoms with Crippen LogP contribution in [0, 0.1) is 63.7 Å². The van der Waals surface area contributed by atoms with Crippen LogP contribution in [0.1, 0.15) is 0 Å². The average molecular weight is 249 g/mol. The van der Waals surface area contributed by atoms with Crippen LogP contribution in [0.15, 0.2) is 0 Å². The van der Waals surface area contributed by atoms with Crippen molar-refractivity contribution in [3.05, 3.63) is 63.7 Å². The minimum Gasteiger partial charge on any atom is -0.474 e. The summed E-state index contributed by atoms with van der Waals surface area (Å²) in [7, 11) is 4.15. The molecule has 2 saturated carbocycles. The van der Waals surface area contributed by atoms with Crippen LogP contribution in [-0.2, 0) is 17.1 Å². The summed E-state index contributed by atoms with van der Waals surface area (Å²) in [6, 6.07) is 0. The van der Waals surface area contributed by atoms with Gasteiger partial charge in [-0.05, 0) is 45.7 Å². The molecule has 0 bridgehead atoms. The molecule has 0 spiro atoms. The predicted molar refractivity (Wildman–Crippen MR) is 59.4 cm³/mol. The molecular weight excluding hydrogens is 233 g/mol. The molecular formula is C13H16FeLiN+2. The normalized spacial score (nSPS) is 19.7. The molecule has 0 aromatic heterocycles. The predicted octanol–water partition coefficient (Wildman–Crippen LogP) is -1.15. The molecule has 0 saturated heterocycles. The Morgan fingerprint density at radius 2 is 1.50 bits per heavy atom. The van der Waals surface area contributed by atoms with Crippen LogP contribution < -0.4 is 18.9 Å². The third kappa shape index (κ3) is 10.2. The fraction of sp³-hybridized carbons (Fsp3) is 0.231. The summed E-state index contributed by atoms with van der Waals surface area (Å²) >= 11 is 0. The van der Waals surface area contributed by atoms with Gasteiger partial charge >= 0.3 is 35.9 Å². The Balaban J connectivity index is 0. The largest absolute Gasteiger partial charge is 2.00 e. The molecule has 0 N–H and O–H groups in total. The van der Waals surface area contributed by atoms with Crippen molar-refractivity contribution in [3.63, 3.8) is 0 Å². The molecule has 0 aromatic rings. The zero-order valence-electron chi connectivity index (χ0n) is 10.1. The third-order valence-electron chi connectivity index (χ3n) is 1.73. The first-order chi connectivity index (χ1) is 6.79. The van der Waals surface area contributed by atoms with Crippen LogP contribution in [0.25, 0.3) is 0 Å². The van der Waals surface area contributed by atoms with E-state index in [1.807, 2.05) is 25.7 Å². The van der Waals surface area contributed by atoms with E-state index in [0.29, 0.717) is 0 Å². The third-order valence-corrected chi connectivity index (χ3v) is 1.73. The fourth-order valence-corrected chi connectivity index (χ4v) is 1.16. The van der Waals surface area contributed by atoms with Gasteiger partial charge in [0.1, 0.15) is 0 Å². The summed E-state index contributed by atoms with van der Waals surface area (Å²) in [6.45, 7) is 1.05. The van der Waals surface area contributed by atoms with E-state index < -0.39 is 0 Å². The van der Waals surface area contributed by atoms with Crippen molar-refractivity contribution in [2.75, 3.05) is 20.6 Å². The minimum absolute atomic E-state index is 0. The summed E-state index contributed by atoms with van der Waals surface area (Å²) in [5.41, 5.74) is 0. The Kier molecular flexibility index (Phi) is 15.2. The van der Waals surface area contributed by atoms with Crippen LogP contribution in [0.2, 0.25) is 0 Å². The molecule has 0 aromatic carbocycles. The van der Waals surface area contributed by atoms with E-state index in [9.17, 15) is 0 Å². The van der Waals surface area contributed by atoms with Gasteiger partial charge in [0, 0.05) is 6.54 Å². The molecule has 2 rings (SSSR count). The number of rotatable bonds is 2. The fourth-order valence-electron chi connectivity index (χ4n) is 1.16. The van der Waals surface area contributed by atoms with Crippen LogP contribution >= 0.6 is 0 Å². The zero-order chi connectivity index (χ0) is 10.2. The van der Waals surface area contributed by atoms with Gasteiger partial charge in [0.05, 0.1) is 0 Å². The standard InChI is InChI=1S/C8H12N.C5H4.Fe.Li/c1-9(2)7-8-5-3-4-6-8;1-2-4-5-3-1;;/h3-6H,7H2,1-2H3;1-4H;;/q;-1;+2;+1. The molecule has 0 atom stereocenters. The Morgan fingerprint density at radius 1 is 1.00 bits per heavy atom. The molecule has 10 radical (unpaired) electrons. The number of nitrogens with zero attached hydrogens (tertiary/aromatic N) is 1. The SMILES string of the molecule is CN(C)C[C]1[CH][CH][CH][CH]1.[C-]1[CH][CH][CH][CH]1.[Fe+2].[Li+]. The molecule has 2 aliphatic rings. The Hall–Kier alpha value is 1.08. The van der Waals surface area contributed by atoms with Gasteiger partial charge in [-0.3, -0.25) is 0 Å². The first-order valence-electron chi connectivity index (χ1n) is 4.72.